The van der Waals surface area contributed by atoms with Crippen LogP contribution >= 0.6 is 34.4 Å². The van der Waals surface area contributed by atoms with Gasteiger partial charge < -0.3 is 30.4 Å². The quantitative estimate of drug-likeness (QED) is 0.270. The molecule has 1 saturated heterocycles. The van der Waals surface area contributed by atoms with Gasteiger partial charge in [0.2, 0.25) is 0 Å². The number of halogens is 1. The number of nitrogens with one attached hydrogen (secondary N) is 1. The lowest BCUT2D eigenvalue weighted by atomic mass is 10.1. The Morgan fingerprint density at radius 3 is 2.88 bits per heavy atom. The summed E-state index contributed by atoms with van der Waals surface area (Å²) in [5.41, 5.74) is 7.40. The van der Waals surface area contributed by atoms with Gasteiger partial charge >= 0.3 is 6.09 Å². The summed E-state index contributed by atoms with van der Waals surface area (Å²) in [4.78, 5) is 26.9. The number of ether oxygens (including phenoxy) is 1. The molecule has 1 aliphatic rings. The number of fused-ring (bicyclic) bond motifs is 1. The first kappa shape index (κ1) is 23.8. The van der Waals surface area contributed by atoms with Crippen molar-refractivity contribution in [3.8, 4) is 5.75 Å². The lowest BCUT2D eigenvalue weighted by Crippen LogP contribution is -2.44. The first-order valence-electron chi connectivity index (χ1n) is 10.7. The summed E-state index contributed by atoms with van der Waals surface area (Å²) in [6.07, 6.45) is 3.17. The number of nitrogens with zero attached hydrogens (tertiary/aromatic N) is 5. The standard InChI is InChI=1S/C21H26IN7O3S/c1-32-14-3-4-15(22)16(11-14)33-20-27-17-18(23)25-12-26-19(17)29(20)8-2-7-24-13-5-9-28(10-6-13)21(30)31/h3-4,11-13,24H,2,5-10H2,1H3,(H,30,31)(H2,23,25,26). The maximum Gasteiger partial charge on any atom is 0.407 e. The average Bonchev–Trinajstić information content (AvgIpc) is 3.17. The number of nitrogens with two attached hydrogens (primary N) is 1. The normalized spacial score (nSPS) is 14.7. The van der Waals surface area contributed by atoms with E-state index in [1.807, 2.05) is 18.2 Å². The van der Waals surface area contributed by atoms with Crippen molar-refractivity contribution < 1.29 is 14.6 Å². The van der Waals surface area contributed by atoms with Crippen molar-refractivity contribution >= 4 is 57.4 Å². The number of carbonyl (C=O) groups is 1. The second-order valence-electron chi connectivity index (χ2n) is 7.73. The van der Waals surface area contributed by atoms with Gasteiger partial charge in [-0.3, -0.25) is 0 Å². The second kappa shape index (κ2) is 10.7. The molecule has 12 heteroatoms. The molecule has 0 unspecified atom stereocenters. The zero-order valence-corrected chi connectivity index (χ0v) is 21.2. The average molecular weight is 583 g/mol. The molecule has 0 atom stereocenters. The highest BCUT2D eigenvalue weighted by Crippen LogP contribution is 2.35. The van der Waals surface area contributed by atoms with Crippen molar-refractivity contribution in [2.24, 2.45) is 0 Å². The summed E-state index contributed by atoms with van der Waals surface area (Å²) in [7, 11) is 1.65. The molecule has 1 aliphatic heterocycles. The summed E-state index contributed by atoms with van der Waals surface area (Å²) in [5, 5.41) is 13.5. The summed E-state index contributed by atoms with van der Waals surface area (Å²) in [6.45, 7) is 2.69. The van der Waals surface area contributed by atoms with E-state index in [4.69, 9.17) is 20.6 Å². The Hall–Kier alpha value is -2.32. The Balaban J connectivity index is 1.45. The number of aryl methyl sites for hydroxylation is 1. The summed E-state index contributed by atoms with van der Waals surface area (Å²) in [5.74, 6) is 1.15. The molecule has 1 amide bonds. The van der Waals surface area contributed by atoms with Gasteiger partial charge in [0.05, 0.1) is 7.11 Å². The summed E-state index contributed by atoms with van der Waals surface area (Å²) < 4.78 is 8.57. The SMILES string of the molecule is COc1ccc(I)c(Sc2nc3c(N)ncnc3n2CCCNC2CCN(C(=O)O)CC2)c1. The van der Waals surface area contributed by atoms with Gasteiger partial charge in [-0.05, 0) is 66.6 Å². The van der Waals surface area contributed by atoms with Crippen LogP contribution < -0.4 is 15.8 Å². The number of carboxylic acid groups (broad SMARTS) is 1. The number of imidazole rings is 1. The number of piperidine rings is 1. The van der Waals surface area contributed by atoms with Crippen molar-refractivity contribution in [1.29, 1.82) is 0 Å². The lowest BCUT2D eigenvalue weighted by Gasteiger charge is -2.30. The van der Waals surface area contributed by atoms with E-state index in [1.165, 1.54) is 11.2 Å². The number of likely N-dealkylation sites (tertiary alicyclic amines) is 1. The molecular weight excluding hydrogens is 557 g/mol. The molecular formula is C21H26IN7O3S. The molecule has 0 saturated carbocycles. The molecule has 1 aromatic carbocycles. The minimum atomic E-state index is -0.836. The third-order valence-corrected chi connectivity index (χ3v) is 7.98. The third kappa shape index (κ3) is 5.61. The van der Waals surface area contributed by atoms with E-state index in [2.05, 4.69) is 42.4 Å². The zero-order chi connectivity index (χ0) is 23.4. The smallest absolute Gasteiger partial charge is 0.407 e. The Morgan fingerprint density at radius 2 is 2.15 bits per heavy atom. The van der Waals surface area contributed by atoms with E-state index >= 15 is 0 Å². The van der Waals surface area contributed by atoms with Gasteiger partial charge in [0.25, 0.3) is 0 Å². The Bertz CT molecular complexity index is 1130. The largest absolute Gasteiger partial charge is 0.497 e. The van der Waals surface area contributed by atoms with Crippen LogP contribution in [0.2, 0.25) is 0 Å². The van der Waals surface area contributed by atoms with E-state index in [0.29, 0.717) is 30.5 Å². The van der Waals surface area contributed by atoms with E-state index in [0.717, 1.165) is 57.4 Å². The Morgan fingerprint density at radius 1 is 1.36 bits per heavy atom. The highest BCUT2D eigenvalue weighted by molar-refractivity contribution is 14.1. The van der Waals surface area contributed by atoms with Crippen LogP contribution in [0.15, 0.2) is 34.6 Å². The van der Waals surface area contributed by atoms with Crippen molar-refractivity contribution in [3.63, 3.8) is 0 Å². The van der Waals surface area contributed by atoms with E-state index in [-0.39, 0.29) is 0 Å². The molecule has 33 heavy (non-hydrogen) atoms. The van der Waals surface area contributed by atoms with Crippen LogP contribution in [0, 0.1) is 3.57 Å². The van der Waals surface area contributed by atoms with Crippen LogP contribution in [0.25, 0.3) is 11.2 Å². The molecule has 0 spiro atoms. The van der Waals surface area contributed by atoms with Gasteiger partial charge in [0.15, 0.2) is 22.1 Å². The van der Waals surface area contributed by atoms with Gasteiger partial charge in [-0.1, -0.05) is 11.8 Å². The predicted octanol–water partition coefficient (Wildman–Crippen LogP) is 3.30. The zero-order valence-electron chi connectivity index (χ0n) is 18.2. The summed E-state index contributed by atoms with van der Waals surface area (Å²) >= 11 is 3.86. The molecule has 1 fully saturated rings. The molecule has 0 bridgehead atoms. The first-order valence-corrected chi connectivity index (χ1v) is 12.5. The number of benzene rings is 1. The predicted molar refractivity (Wildman–Crippen MR) is 135 cm³/mol. The van der Waals surface area contributed by atoms with Crippen molar-refractivity contribution in [2.45, 2.75) is 41.9 Å². The minimum Gasteiger partial charge on any atom is -0.497 e. The van der Waals surface area contributed by atoms with Gasteiger partial charge in [-0.15, -0.1) is 0 Å². The van der Waals surface area contributed by atoms with Crippen molar-refractivity contribution in [1.82, 2.24) is 29.7 Å². The highest BCUT2D eigenvalue weighted by atomic mass is 127. The second-order valence-corrected chi connectivity index (χ2v) is 9.90. The van der Waals surface area contributed by atoms with Crippen LogP contribution in [0.5, 0.6) is 5.75 Å². The van der Waals surface area contributed by atoms with E-state index in [1.54, 1.807) is 18.9 Å². The van der Waals surface area contributed by atoms with Crippen molar-refractivity contribution in [3.05, 3.63) is 28.1 Å². The fourth-order valence-electron chi connectivity index (χ4n) is 3.82. The number of rotatable bonds is 8. The number of hydrogen-bond acceptors (Lipinski definition) is 8. The van der Waals surface area contributed by atoms with Crippen molar-refractivity contribution in [2.75, 3.05) is 32.5 Å². The topological polar surface area (TPSA) is 131 Å². The monoisotopic (exact) mass is 583 g/mol. The fraction of sp³-hybridized carbons (Fsp3) is 0.429. The molecule has 3 heterocycles. The molecule has 4 N–H and O–H groups in total. The fourth-order valence-corrected chi connectivity index (χ4v) is 5.45. The molecule has 2 aromatic heterocycles. The van der Waals surface area contributed by atoms with Gasteiger partial charge in [-0.2, -0.15) is 0 Å². The van der Waals surface area contributed by atoms with Crippen LogP contribution in [0.1, 0.15) is 19.3 Å². The van der Waals surface area contributed by atoms with E-state index in [9.17, 15) is 4.79 Å². The third-order valence-electron chi connectivity index (χ3n) is 5.62. The van der Waals surface area contributed by atoms with E-state index < -0.39 is 6.09 Å². The Labute approximate surface area is 209 Å². The number of hydrogen-bond donors (Lipinski definition) is 3. The molecule has 3 aromatic rings. The van der Waals surface area contributed by atoms with Crippen LogP contribution in [-0.4, -0.2) is 68.4 Å². The minimum absolute atomic E-state index is 0.338. The number of aromatic nitrogens is 4. The van der Waals surface area contributed by atoms with Crippen LogP contribution in [0.4, 0.5) is 10.6 Å². The maximum atomic E-state index is 11.1. The molecule has 4 rings (SSSR count). The number of amides is 1. The molecule has 0 aliphatic carbocycles. The van der Waals surface area contributed by atoms with Gasteiger partial charge in [0, 0.05) is 34.1 Å². The molecule has 176 valence electrons. The molecule has 0 radical (unpaired) electrons. The lowest BCUT2D eigenvalue weighted by molar-refractivity contribution is 0.129. The number of anilines is 1. The van der Waals surface area contributed by atoms with Crippen LogP contribution in [-0.2, 0) is 6.54 Å². The summed E-state index contributed by atoms with van der Waals surface area (Å²) in [6, 6.07) is 6.29. The number of nitrogen functional groups attached to an aromatic ring is 1. The van der Waals surface area contributed by atoms with Gasteiger partial charge in [-0.25, -0.2) is 19.7 Å². The van der Waals surface area contributed by atoms with Crippen LogP contribution in [0.3, 0.4) is 0 Å². The molecule has 10 nitrogen and oxygen atoms in total. The highest BCUT2D eigenvalue weighted by Gasteiger charge is 2.22. The first-order chi connectivity index (χ1) is 16.0. The maximum absolute atomic E-state index is 11.1. The number of methoxy groups -OCH3 is 1. The Kier molecular flexibility index (Phi) is 7.75. The van der Waals surface area contributed by atoms with Gasteiger partial charge in [0.1, 0.15) is 12.1 Å².